The Kier molecular flexibility index (Phi) is 13.9. The summed E-state index contributed by atoms with van der Waals surface area (Å²) in [5.74, 6) is 2.93. The molecule has 6 nitrogen and oxygen atoms in total. The lowest BCUT2D eigenvalue weighted by atomic mass is 10.0. The number of benzene rings is 2. The molecule has 0 spiro atoms. The lowest BCUT2D eigenvalue weighted by Gasteiger charge is -2.36. The second-order valence-corrected chi connectivity index (χ2v) is 17.0. The fraction of sp³-hybridized carbons (Fsp3) is 0.486. The maximum Gasteiger partial charge on any atom is 0.250 e. The van der Waals surface area contributed by atoms with Gasteiger partial charge in [0.1, 0.15) is 17.2 Å². The average molecular weight is 597 g/mol. The fourth-order valence-corrected chi connectivity index (χ4v) is 4.92. The van der Waals surface area contributed by atoms with E-state index < -0.39 is 8.32 Å². The molecule has 2 rings (SSSR count). The molecule has 0 aliphatic carbocycles. The molecule has 42 heavy (non-hydrogen) atoms. The molecule has 0 heterocycles. The smallest absolute Gasteiger partial charge is 0.250 e. The highest BCUT2D eigenvalue weighted by Crippen LogP contribution is 2.40. The van der Waals surface area contributed by atoms with Crippen molar-refractivity contribution in [2.75, 3.05) is 34.9 Å². The molecule has 7 heteroatoms. The summed E-state index contributed by atoms with van der Waals surface area (Å²) in [6.45, 7) is 17.9. The van der Waals surface area contributed by atoms with Crippen LogP contribution in [-0.2, 0) is 15.9 Å². The summed E-state index contributed by atoms with van der Waals surface area (Å²) in [6, 6.07) is 10.1. The van der Waals surface area contributed by atoms with Gasteiger partial charge in [-0.25, -0.2) is 0 Å². The monoisotopic (exact) mass is 596 g/mol. The topological polar surface area (TPSA) is 55.4 Å². The van der Waals surface area contributed by atoms with Crippen LogP contribution in [0.5, 0.6) is 23.0 Å². The highest BCUT2D eigenvalue weighted by Gasteiger charge is 2.39. The molecule has 0 atom stereocenters. The molecule has 0 unspecified atom stereocenters. The molecule has 0 bridgehead atoms. The standard InChI is InChI=1S/C35H52O6Si/c1-26(2)13-12-14-27(3)15-19-30-32(39-24-36-7)22-29(23-33(30)40-25-37-8)17-16-28-18-20-31(34(21-28)38-9)41-42(10,11)35(4,5)6/h13,15-18,20-23H,12,14,19,24-25H2,1-11H3/b17-16+,27-15+. The van der Waals surface area contributed by atoms with E-state index in [0.29, 0.717) is 17.9 Å². The molecule has 0 aliphatic rings. The Labute approximate surface area is 255 Å². The summed E-state index contributed by atoms with van der Waals surface area (Å²) in [7, 11) is 2.91. The van der Waals surface area contributed by atoms with Crippen LogP contribution in [0.15, 0.2) is 53.6 Å². The predicted molar refractivity (Wildman–Crippen MR) is 177 cm³/mol. The molecule has 0 saturated heterocycles. The van der Waals surface area contributed by atoms with Crippen LogP contribution >= 0.6 is 0 Å². The van der Waals surface area contributed by atoms with Crippen LogP contribution in [0.4, 0.5) is 0 Å². The zero-order valence-electron chi connectivity index (χ0n) is 27.7. The SMILES string of the molecule is COCOc1cc(/C=C/c2ccc(O[Si](C)(C)C(C)(C)C)c(OC)c2)cc(OCOC)c1C/C=C(\C)CCC=C(C)C. The molecular weight excluding hydrogens is 544 g/mol. The maximum absolute atomic E-state index is 6.52. The van der Waals surface area contributed by atoms with Crippen molar-refractivity contribution in [2.24, 2.45) is 0 Å². The molecular formula is C35H52O6Si. The average Bonchev–Trinajstić information content (AvgIpc) is 2.92. The van der Waals surface area contributed by atoms with Gasteiger partial charge in [0.15, 0.2) is 19.3 Å². The third kappa shape index (κ3) is 11.0. The highest BCUT2D eigenvalue weighted by atomic mass is 28.4. The van der Waals surface area contributed by atoms with Gasteiger partial charge in [-0.15, -0.1) is 0 Å². The summed E-state index contributed by atoms with van der Waals surface area (Å²) in [5.41, 5.74) is 5.54. The van der Waals surface area contributed by atoms with Gasteiger partial charge in [0.2, 0.25) is 0 Å². The molecule has 0 radical (unpaired) electrons. The Hall–Kier alpha value is -3.00. The number of ether oxygens (including phenoxy) is 5. The second-order valence-electron chi connectivity index (χ2n) is 12.3. The number of hydrogen-bond acceptors (Lipinski definition) is 6. The zero-order valence-corrected chi connectivity index (χ0v) is 28.7. The van der Waals surface area contributed by atoms with E-state index in [1.807, 2.05) is 42.5 Å². The quantitative estimate of drug-likeness (QED) is 0.0833. The van der Waals surface area contributed by atoms with Crippen molar-refractivity contribution in [1.29, 1.82) is 0 Å². The van der Waals surface area contributed by atoms with E-state index in [-0.39, 0.29) is 18.6 Å². The lowest BCUT2D eigenvalue weighted by molar-refractivity contribution is 0.0448. The van der Waals surface area contributed by atoms with Gasteiger partial charge in [-0.05, 0) is 93.6 Å². The Bertz CT molecular complexity index is 1200. The van der Waals surface area contributed by atoms with Gasteiger partial charge in [0.25, 0.3) is 8.32 Å². The number of rotatable bonds is 16. The van der Waals surface area contributed by atoms with Crippen LogP contribution in [0.1, 0.15) is 71.1 Å². The highest BCUT2D eigenvalue weighted by molar-refractivity contribution is 6.74. The zero-order chi connectivity index (χ0) is 31.3. The molecule has 0 fully saturated rings. The van der Waals surface area contributed by atoms with E-state index >= 15 is 0 Å². The van der Waals surface area contributed by atoms with Gasteiger partial charge in [-0.1, -0.05) is 62.3 Å². The normalized spacial score (nSPS) is 12.4. The first kappa shape index (κ1) is 35.2. The Morgan fingerprint density at radius 1 is 0.762 bits per heavy atom. The van der Waals surface area contributed by atoms with E-state index in [1.54, 1.807) is 21.3 Å². The van der Waals surface area contributed by atoms with E-state index in [0.717, 1.165) is 41.0 Å². The van der Waals surface area contributed by atoms with Crippen molar-refractivity contribution in [3.8, 4) is 23.0 Å². The molecule has 0 saturated carbocycles. The molecule has 0 N–H and O–H groups in total. The third-order valence-corrected chi connectivity index (χ3v) is 11.8. The first-order valence-corrected chi connectivity index (χ1v) is 17.5. The van der Waals surface area contributed by atoms with Gasteiger partial charge < -0.3 is 28.1 Å². The number of methoxy groups -OCH3 is 3. The number of hydrogen-bond donors (Lipinski definition) is 0. The minimum absolute atomic E-state index is 0.0912. The van der Waals surface area contributed by atoms with E-state index in [4.69, 9.17) is 28.1 Å². The van der Waals surface area contributed by atoms with E-state index in [1.165, 1.54) is 11.1 Å². The van der Waals surface area contributed by atoms with Crippen LogP contribution in [0.2, 0.25) is 18.1 Å². The Morgan fingerprint density at radius 2 is 1.33 bits per heavy atom. The van der Waals surface area contributed by atoms with Gasteiger partial charge in [0.05, 0.1) is 7.11 Å². The van der Waals surface area contributed by atoms with Crippen molar-refractivity contribution in [1.82, 2.24) is 0 Å². The summed E-state index contributed by atoms with van der Waals surface area (Å²) in [4.78, 5) is 0. The van der Waals surface area contributed by atoms with E-state index in [9.17, 15) is 0 Å². The van der Waals surface area contributed by atoms with Crippen LogP contribution < -0.4 is 18.6 Å². The number of allylic oxidation sites excluding steroid dienone is 4. The van der Waals surface area contributed by atoms with Crippen LogP contribution in [-0.4, -0.2) is 43.2 Å². The molecule has 2 aromatic rings. The first-order chi connectivity index (χ1) is 19.8. The van der Waals surface area contributed by atoms with Gasteiger partial charge in [0, 0.05) is 19.8 Å². The third-order valence-electron chi connectivity index (χ3n) is 7.43. The maximum atomic E-state index is 6.52. The van der Waals surface area contributed by atoms with Crippen molar-refractivity contribution in [3.63, 3.8) is 0 Å². The van der Waals surface area contributed by atoms with Gasteiger partial charge in [-0.3, -0.25) is 0 Å². The summed E-state index contributed by atoms with van der Waals surface area (Å²) in [5, 5.41) is 0.0912. The Morgan fingerprint density at radius 3 is 1.86 bits per heavy atom. The molecule has 0 aromatic heterocycles. The molecule has 0 aliphatic heterocycles. The fourth-order valence-electron chi connectivity index (χ4n) is 3.90. The van der Waals surface area contributed by atoms with Crippen molar-refractivity contribution < 1.29 is 28.1 Å². The van der Waals surface area contributed by atoms with Crippen molar-refractivity contribution in [2.45, 2.75) is 78.9 Å². The molecule has 232 valence electrons. The summed E-state index contributed by atoms with van der Waals surface area (Å²) in [6.07, 6.45) is 11.3. The second kappa shape index (κ2) is 16.6. The van der Waals surface area contributed by atoms with Crippen LogP contribution in [0, 0.1) is 0 Å². The molecule has 0 amide bonds. The van der Waals surface area contributed by atoms with Gasteiger partial charge in [-0.2, -0.15) is 0 Å². The van der Waals surface area contributed by atoms with Crippen molar-refractivity contribution in [3.05, 3.63) is 70.3 Å². The van der Waals surface area contributed by atoms with Crippen LogP contribution in [0.25, 0.3) is 12.2 Å². The predicted octanol–water partition coefficient (Wildman–Crippen LogP) is 9.45. The Balaban J connectivity index is 2.41. The first-order valence-electron chi connectivity index (χ1n) is 14.6. The minimum Gasteiger partial charge on any atom is -0.541 e. The van der Waals surface area contributed by atoms with Crippen molar-refractivity contribution >= 4 is 20.5 Å². The van der Waals surface area contributed by atoms with E-state index in [2.05, 4.69) is 66.8 Å². The molecule has 2 aromatic carbocycles. The minimum atomic E-state index is -2.00. The summed E-state index contributed by atoms with van der Waals surface area (Å²) < 4.78 is 34.7. The van der Waals surface area contributed by atoms with Crippen LogP contribution in [0.3, 0.4) is 0 Å². The summed E-state index contributed by atoms with van der Waals surface area (Å²) >= 11 is 0. The largest absolute Gasteiger partial charge is 0.541 e. The van der Waals surface area contributed by atoms with Gasteiger partial charge >= 0.3 is 0 Å². The lowest BCUT2D eigenvalue weighted by Crippen LogP contribution is -2.43.